The summed E-state index contributed by atoms with van der Waals surface area (Å²) in [6, 6.07) is 7.85. The van der Waals surface area contributed by atoms with Crippen molar-refractivity contribution in [2.45, 2.75) is 52.2 Å². The Morgan fingerprint density at radius 1 is 1.19 bits per heavy atom. The van der Waals surface area contributed by atoms with Crippen LogP contribution in [0.5, 0.6) is 5.75 Å². The van der Waals surface area contributed by atoms with Crippen LogP contribution in [0.25, 0.3) is 0 Å². The van der Waals surface area contributed by atoms with Crippen LogP contribution in [0.4, 0.5) is 0 Å². The minimum atomic E-state index is -0.537. The summed E-state index contributed by atoms with van der Waals surface area (Å²) in [6.45, 7) is 10.6. The second-order valence-corrected chi connectivity index (χ2v) is 6.40. The lowest BCUT2D eigenvalue weighted by molar-refractivity contribution is -0.128. The Kier molecular flexibility index (Phi) is 6.21. The lowest BCUT2D eigenvalue weighted by atomic mass is 9.87. The first-order chi connectivity index (χ1) is 9.74. The highest BCUT2D eigenvalue weighted by molar-refractivity contribution is 5.80. The van der Waals surface area contributed by atoms with Crippen LogP contribution in [-0.2, 0) is 14.9 Å². The Hall–Kier alpha value is -1.55. The molecule has 1 aromatic carbocycles. The predicted octanol–water partition coefficient (Wildman–Crippen LogP) is 2.90. The molecule has 0 spiro atoms. The molecule has 4 heteroatoms. The van der Waals surface area contributed by atoms with E-state index in [0.717, 1.165) is 0 Å². The first-order valence-corrected chi connectivity index (χ1v) is 7.30. The number of rotatable bonds is 6. The molecule has 0 bridgehead atoms. The Balaban J connectivity index is 2.58. The lowest BCUT2D eigenvalue weighted by Gasteiger charge is -2.21. The van der Waals surface area contributed by atoms with Gasteiger partial charge in [0, 0.05) is 13.2 Å². The normalized spacial score (nSPS) is 14.4. The summed E-state index contributed by atoms with van der Waals surface area (Å²) < 4.78 is 10.7. The zero-order valence-electron chi connectivity index (χ0n) is 13.9. The Morgan fingerprint density at radius 2 is 1.76 bits per heavy atom. The third-order valence-corrected chi connectivity index (χ3v) is 3.21. The SMILES string of the molecule is COC[C@H](C)NC(=O)[C@H](C)Oc1ccc(C(C)(C)C)cc1. The lowest BCUT2D eigenvalue weighted by Crippen LogP contribution is -2.43. The first kappa shape index (κ1) is 17.5. The van der Waals surface area contributed by atoms with E-state index < -0.39 is 6.10 Å². The number of benzene rings is 1. The van der Waals surface area contributed by atoms with Gasteiger partial charge in [-0.15, -0.1) is 0 Å². The molecule has 1 N–H and O–H groups in total. The van der Waals surface area contributed by atoms with E-state index >= 15 is 0 Å². The van der Waals surface area contributed by atoms with Crippen LogP contribution in [0.15, 0.2) is 24.3 Å². The number of amides is 1. The van der Waals surface area contributed by atoms with E-state index in [-0.39, 0.29) is 17.4 Å². The summed E-state index contributed by atoms with van der Waals surface area (Å²) in [4.78, 5) is 12.0. The molecule has 0 aliphatic heterocycles. The summed E-state index contributed by atoms with van der Waals surface area (Å²) in [5.74, 6) is 0.560. The molecule has 0 unspecified atom stereocenters. The van der Waals surface area contributed by atoms with Crippen LogP contribution in [0, 0.1) is 0 Å². The number of hydrogen-bond acceptors (Lipinski definition) is 3. The van der Waals surface area contributed by atoms with E-state index in [1.807, 2.05) is 31.2 Å². The van der Waals surface area contributed by atoms with Crippen molar-refractivity contribution in [3.8, 4) is 5.75 Å². The van der Waals surface area contributed by atoms with E-state index in [0.29, 0.717) is 12.4 Å². The van der Waals surface area contributed by atoms with Crippen molar-refractivity contribution in [3.05, 3.63) is 29.8 Å². The highest BCUT2D eigenvalue weighted by Crippen LogP contribution is 2.24. The van der Waals surface area contributed by atoms with Crippen LogP contribution in [0.2, 0.25) is 0 Å². The third kappa shape index (κ3) is 5.76. The van der Waals surface area contributed by atoms with Gasteiger partial charge >= 0.3 is 0 Å². The fraction of sp³-hybridized carbons (Fsp3) is 0.588. The topological polar surface area (TPSA) is 47.6 Å². The van der Waals surface area contributed by atoms with Crippen molar-refractivity contribution in [2.75, 3.05) is 13.7 Å². The molecule has 21 heavy (non-hydrogen) atoms. The summed E-state index contributed by atoms with van der Waals surface area (Å²) in [7, 11) is 1.61. The summed E-state index contributed by atoms with van der Waals surface area (Å²) in [5.41, 5.74) is 1.34. The number of hydrogen-bond donors (Lipinski definition) is 1. The second kappa shape index (κ2) is 7.46. The highest BCUT2D eigenvalue weighted by Gasteiger charge is 2.18. The van der Waals surface area contributed by atoms with Gasteiger partial charge in [-0.25, -0.2) is 0 Å². The van der Waals surface area contributed by atoms with Crippen molar-refractivity contribution in [3.63, 3.8) is 0 Å². The molecule has 1 rings (SSSR count). The van der Waals surface area contributed by atoms with Gasteiger partial charge in [-0.05, 0) is 37.0 Å². The Bertz CT molecular complexity index is 448. The van der Waals surface area contributed by atoms with Gasteiger partial charge in [-0.1, -0.05) is 32.9 Å². The Morgan fingerprint density at radius 3 is 2.24 bits per heavy atom. The van der Waals surface area contributed by atoms with Crippen molar-refractivity contribution >= 4 is 5.91 Å². The van der Waals surface area contributed by atoms with Gasteiger partial charge in [-0.2, -0.15) is 0 Å². The minimum absolute atomic E-state index is 0.0307. The largest absolute Gasteiger partial charge is 0.481 e. The third-order valence-electron chi connectivity index (χ3n) is 3.21. The number of nitrogens with one attached hydrogen (secondary N) is 1. The molecule has 0 aliphatic carbocycles. The van der Waals surface area contributed by atoms with E-state index in [4.69, 9.17) is 9.47 Å². The second-order valence-electron chi connectivity index (χ2n) is 6.40. The molecule has 4 nitrogen and oxygen atoms in total. The minimum Gasteiger partial charge on any atom is -0.481 e. The van der Waals surface area contributed by atoms with Crippen LogP contribution in [-0.4, -0.2) is 31.8 Å². The first-order valence-electron chi connectivity index (χ1n) is 7.30. The molecule has 0 heterocycles. The number of carbonyl (C=O) groups is 1. The smallest absolute Gasteiger partial charge is 0.261 e. The summed E-state index contributed by atoms with van der Waals surface area (Å²) in [6.07, 6.45) is -0.537. The molecule has 0 saturated heterocycles. The molecular formula is C17H27NO3. The maximum Gasteiger partial charge on any atom is 0.261 e. The quantitative estimate of drug-likeness (QED) is 0.877. The van der Waals surface area contributed by atoms with Crippen molar-refractivity contribution in [2.24, 2.45) is 0 Å². The molecule has 1 aromatic rings. The average Bonchev–Trinajstić information content (AvgIpc) is 2.38. The van der Waals surface area contributed by atoms with Gasteiger partial charge in [0.25, 0.3) is 5.91 Å². The molecule has 1 amide bonds. The molecule has 118 valence electrons. The van der Waals surface area contributed by atoms with Crippen LogP contribution < -0.4 is 10.1 Å². The van der Waals surface area contributed by atoms with Crippen molar-refractivity contribution in [1.82, 2.24) is 5.32 Å². The number of carbonyl (C=O) groups excluding carboxylic acids is 1. The molecule has 0 aliphatic rings. The molecular weight excluding hydrogens is 266 g/mol. The van der Waals surface area contributed by atoms with Gasteiger partial charge in [0.05, 0.1) is 6.61 Å². The monoisotopic (exact) mass is 293 g/mol. The van der Waals surface area contributed by atoms with Crippen LogP contribution >= 0.6 is 0 Å². The fourth-order valence-corrected chi connectivity index (χ4v) is 1.94. The summed E-state index contributed by atoms with van der Waals surface area (Å²) in [5, 5.41) is 2.85. The number of ether oxygens (including phenoxy) is 2. The van der Waals surface area contributed by atoms with Gasteiger partial charge in [-0.3, -0.25) is 4.79 Å². The average molecular weight is 293 g/mol. The maximum atomic E-state index is 12.0. The van der Waals surface area contributed by atoms with Crippen LogP contribution in [0.1, 0.15) is 40.2 Å². The predicted molar refractivity (Wildman–Crippen MR) is 84.7 cm³/mol. The number of methoxy groups -OCH3 is 1. The van der Waals surface area contributed by atoms with Crippen molar-refractivity contribution in [1.29, 1.82) is 0 Å². The van der Waals surface area contributed by atoms with Gasteiger partial charge in [0.15, 0.2) is 6.10 Å². The van der Waals surface area contributed by atoms with Gasteiger partial charge in [0.1, 0.15) is 5.75 Å². The van der Waals surface area contributed by atoms with E-state index in [9.17, 15) is 4.79 Å². The van der Waals surface area contributed by atoms with E-state index in [2.05, 4.69) is 26.1 Å². The Labute approximate surface area is 127 Å². The summed E-state index contributed by atoms with van der Waals surface area (Å²) >= 11 is 0. The molecule has 0 radical (unpaired) electrons. The van der Waals surface area contributed by atoms with Gasteiger partial charge in [0.2, 0.25) is 0 Å². The zero-order valence-corrected chi connectivity index (χ0v) is 13.9. The van der Waals surface area contributed by atoms with Crippen molar-refractivity contribution < 1.29 is 14.3 Å². The van der Waals surface area contributed by atoms with E-state index in [1.165, 1.54) is 5.56 Å². The van der Waals surface area contributed by atoms with E-state index in [1.54, 1.807) is 14.0 Å². The molecule has 2 atom stereocenters. The molecule has 0 saturated carbocycles. The maximum absolute atomic E-state index is 12.0. The van der Waals surface area contributed by atoms with Gasteiger partial charge < -0.3 is 14.8 Å². The highest BCUT2D eigenvalue weighted by atomic mass is 16.5. The standard InChI is InChI=1S/C17H27NO3/c1-12(11-20-6)18-16(19)13(2)21-15-9-7-14(8-10-15)17(3,4)5/h7-10,12-13H,11H2,1-6H3,(H,18,19)/t12-,13-/m0/s1. The fourth-order valence-electron chi connectivity index (χ4n) is 1.94. The molecule has 0 aromatic heterocycles. The van der Waals surface area contributed by atoms with Crippen LogP contribution in [0.3, 0.4) is 0 Å². The molecule has 0 fully saturated rings. The zero-order chi connectivity index (χ0) is 16.0.